The molecule has 0 heterocycles. The molecule has 2 rings (SSSR count). The van der Waals surface area contributed by atoms with Crippen molar-refractivity contribution in [1.29, 1.82) is 0 Å². The van der Waals surface area contributed by atoms with Gasteiger partial charge in [0.2, 0.25) is 0 Å². The van der Waals surface area contributed by atoms with Gasteiger partial charge in [-0.1, -0.05) is 38.1 Å². The lowest BCUT2D eigenvalue weighted by Gasteiger charge is -2.31. The summed E-state index contributed by atoms with van der Waals surface area (Å²) in [5, 5.41) is 0. The van der Waals surface area contributed by atoms with E-state index < -0.39 is 0 Å². The number of nitrogens with zero attached hydrogens (tertiary/aromatic N) is 1. The van der Waals surface area contributed by atoms with Gasteiger partial charge in [-0.3, -0.25) is 4.79 Å². The van der Waals surface area contributed by atoms with Gasteiger partial charge in [0.15, 0.2) is 0 Å². The van der Waals surface area contributed by atoms with E-state index in [1.165, 1.54) is 0 Å². The molecular weight excluding hydrogens is 298 g/mol. The molecule has 0 bridgehead atoms. The molecule has 0 radical (unpaired) electrons. The summed E-state index contributed by atoms with van der Waals surface area (Å²) >= 11 is 0. The number of benzene rings is 2. The zero-order valence-electron chi connectivity index (χ0n) is 14.6. The fourth-order valence-corrected chi connectivity index (χ4v) is 2.71. The van der Waals surface area contributed by atoms with Crippen LogP contribution >= 0.6 is 0 Å². The minimum absolute atomic E-state index is 0.0219. The van der Waals surface area contributed by atoms with Crippen LogP contribution in [0.4, 0.5) is 5.69 Å². The van der Waals surface area contributed by atoms with Gasteiger partial charge in [-0.05, 0) is 48.7 Å². The van der Waals surface area contributed by atoms with Gasteiger partial charge in [0.05, 0.1) is 13.2 Å². The highest BCUT2D eigenvalue weighted by Crippen LogP contribution is 2.26. The molecule has 0 fully saturated rings. The van der Waals surface area contributed by atoms with Gasteiger partial charge in [-0.15, -0.1) is 6.58 Å². The van der Waals surface area contributed by atoms with Crippen molar-refractivity contribution in [1.82, 2.24) is 0 Å². The van der Waals surface area contributed by atoms with E-state index in [1.807, 2.05) is 65.6 Å². The predicted molar refractivity (Wildman–Crippen MR) is 99.7 cm³/mol. The number of anilines is 1. The lowest BCUT2D eigenvalue weighted by atomic mass is 10.0. The number of amides is 1. The molecule has 0 aromatic heterocycles. The largest absolute Gasteiger partial charge is 0.497 e. The fourth-order valence-electron chi connectivity index (χ4n) is 2.71. The normalized spacial score (nSPS) is 11.8. The van der Waals surface area contributed by atoms with Gasteiger partial charge in [-0.2, -0.15) is 0 Å². The average Bonchev–Trinajstić information content (AvgIpc) is 2.62. The molecule has 0 aliphatic carbocycles. The first-order chi connectivity index (χ1) is 11.6. The third kappa shape index (κ3) is 4.25. The number of hydrogen-bond donors (Lipinski definition) is 0. The van der Waals surface area contributed by atoms with Crippen molar-refractivity contribution in [3.05, 3.63) is 72.8 Å². The number of rotatable bonds is 7. The minimum atomic E-state index is -0.0638. The molecule has 2 aromatic carbocycles. The Morgan fingerprint density at radius 2 is 1.75 bits per heavy atom. The van der Waals surface area contributed by atoms with Crippen molar-refractivity contribution >= 4 is 11.6 Å². The van der Waals surface area contributed by atoms with Crippen LogP contribution in [-0.4, -0.2) is 19.1 Å². The molecule has 0 saturated carbocycles. The molecule has 0 aliphatic heterocycles. The maximum absolute atomic E-state index is 13.1. The SMILES string of the molecule is C=C[C@H](CC(C)C)N(C(=O)c1ccccc1)c1ccc(OC)cc1. The summed E-state index contributed by atoms with van der Waals surface area (Å²) < 4.78 is 5.22. The summed E-state index contributed by atoms with van der Waals surface area (Å²) in [6.07, 6.45) is 2.71. The summed E-state index contributed by atoms with van der Waals surface area (Å²) in [6, 6.07) is 16.9. The Balaban J connectivity index is 2.43. The van der Waals surface area contributed by atoms with Gasteiger partial charge in [0.1, 0.15) is 5.75 Å². The molecule has 24 heavy (non-hydrogen) atoms. The molecule has 1 atom stereocenters. The maximum Gasteiger partial charge on any atom is 0.258 e. The molecular formula is C21H25NO2. The molecule has 0 spiro atoms. The van der Waals surface area contributed by atoms with Crippen LogP contribution in [0.5, 0.6) is 5.75 Å². The van der Waals surface area contributed by atoms with E-state index in [1.54, 1.807) is 7.11 Å². The number of ether oxygens (including phenoxy) is 1. The van der Waals surface area contributed by atoms with Crippen molar-refractivity contribution in [3.8, 4) is 5.75 Å². The molecule has 3 nitrogen and oxygen atoms in total. The predicted octanol–water partition coefficient (Wildman–Crippen LogP) is 4.94. The summed E-state index contributed by atoms with van der Waals surface area (Å²) in [6.45, 7) is 8.25. The number of carbonyl (C=O) groups is 1. The quantitative estimate of drug-likeness (QED) is 0.675. The number of hydrogen-bond acceptors (Lipinski definition) is 2. The second kappa shape index (κ2) is 8.34. The van der Waals surface area contributed by atoms with Crippen LogP contribution in [0.15, 0.2) is 67.3 Å². The molecule has 0 N–H and O–H groups in total. The second-order valence-electron chi connectivity index (χ2n) is 6.17. The van der Waals surface area contributed by atoms with Crippen molar-refractivity contribution in [2.24, 2.45) is 5.92 Å². The molecule has 126 valence electrons. The Morgan fingerprint density at radius 3 is 2.25 bits per heavy atom. The molecule has 0 saturated heterocycles. The molecule has 0 aliphatic rings. The monoisotopic (exact) mass is 323 g/mol. The van der Waals surface area contributed by atoms with Crippen LogP contribution in [0.2, 0.25) is 0 Å². The Morgan fingerprint density at radius 1 is 1.12 bits per heavy atom. The second-order valence-corrected chi connectivity index (χ2v) is 6.17. The summed E-state index contributed by atoms with van der Waals surface area (Å²) in [5.41, 5.74) is 1.51. The van der Waals surface area contributed by atoms with Crippen LogP contribution in [0, 0.1) is 5.92 Å². The zero-order chi connectivity index (χ0) is 17.5. The highest BCUT2D eigenvalue weighted by atomic mass is 16.5. The van der Waals surface area contributed by atoms with Crippen LogP contribution < -0.4 is 9.64 Å². The van der Waals surface area contributed by atoms with Gasteiger partial charge in [0, 0.05) is 11.3 Å². The van der Waals surface area contributed by atoms with E-state index in [0.717, 1.165) is 17.9 Å². The maximum atomic E-state index is 13.1. The first kappa shape index (κ1) is 17.8. The van der Waals surface area contributed by atoms with E-state index in [4.69, 9.17) is 4.74 Å². The molecule has 3 heteroatoms. The lowest BCUT2D eigenvalue weighted by Crippen LogP contribution is -2.40. The Kier molecular flexibility index (Phi) is 6.19. The van der Waals surface area contributed by atoms with Crippen molar-refractivity contribution < 1.29 is 9.53 Å². The number of carbonyl (C=O) groups excluding carboxylic acids is 1. The zero-order valence-corrected chi connectivity index (χ0v) is 14.6. The average molecular weight is 323 g/mol. The summed E-state index contributed by atoms with van der Waals surface area (Å²) in [7, 11) is 1.63. The van der Waals surface area contributed by atoms with Crippen LogP contribution in [0.1, 0.15) is 30.6 Å². The third-order valence-electron chi connectivity index (χ3n) is 3.91. The van der Waals surface area contributed by atoms with Gasteiger partial charge in [0.25, 0.3) is 5.91 Å². The molecule has 1 amide bonds. The van der Waals surface area contributed by atoms with Crippen LogP contribution in [0.25, 0.3) is 0 Å². The third-order valence-corrected chi connectivity index (χ3v) is 3.91. The van der Waals surface area contributed by atoms with Gasteiger partial charge >= 0.3 is 0 Å². The van der Waals surface area contributed by atoms with Crippen molar-refractivity contribution in [3.63, 3.8) is 0 Å². The summed E-state index contributed by atoms with van der Waals surface area (Å²) in [4.78, 5) is 14.9. The Bertz CT molecular complexity index is 662. The molecule has 2 aromatic rings. The highest BCUT2D eigenvalue weighted by molar-refractivity contribution is 6.06. The minimum Gasteiger partial charge on any atom is -0.497 e. The van der Waals surface area contributed by atoms with E-state index in [0.29, 0.717) is 11.5 Å². The Hall–Kier alpha value is -2.55. The van der Waals surface area contributed by atoms with Gasteiger partial charge in [-0.25, -0.2) is 0 Å². The van der Waals surface area contributed by atoms with Crippen LogP contribution in [0.3, 0.4) is 0 Å². The van der Waals surface area contributed by atoms with Crippen LogP contribution in [-0.2, 0) is 0 Å². The first-order valence-electron chi connectivity index (χ1n) is 8.22. The van der Waals surface area contributed by atoms with E-state index in [9.17, 15) is 4.79 Å². The summed E-state index contributed by atoms with van der Waals surface area (Å²) in [5.74, 6) is 1.20. The first-order valence-corrected chi connectivity index (χ1v) is 8.22. The standard InChI is InChI=1S/C21H25NO2/c1-5-18(15-16(2)3)22(19-11-13-20(24-4)14-12-19)21(23)17-9-7-6-8-10-17/h5-14,16,18H,1,15H2,2-4H3/t18-/m1/s1. The molecule has 0 unspecified atom stereocenters. The lowest BCUT2D eigenvalue weighted by molar-refractivity contribution is 0.0979. The topological polar surface area (TPSA) is 29.5 Å². The van der Waals surface area contributed by atoms with Gasteiger partial charge < -0.3 is 9.64 Å². The van der Waals surface area contributed by atoms with E-state index in [2.05, 4.69) is 20.4 Å². The number of methoxy groups -OCH3 is 1. The van der Waals surface area contributed by atoms with Crippen molar-refractivity contribution in [2.75, 3.05) is 12.0 Å². The van der Waals surface area contributed by atoms with Crippen molar-refractivity contribution in [2.45, 2.75) is 26.3 Å². The Labute approximate surface area is 144 Å². The smallest absolute Gasteiger partial charge is 0.258 e. The van der Waals surface area contributed by atoms with E-state index >= 15 is 0 Å². The fraction of sp³-hybridized carbons (Fsp3) is 0.286. The van der Waals surface area contributed by atoms with E-state index in [-0.39, 0.29) is 11.9 Å². The highest BCUT2D eigenvalue weighted by Gasteiger charge is 2.25.